The van der Waals surface area contributed by atoms with Crippen LogP contribution in [0.5, 0.6) is 0 Å². The van der Waals surface area contributed by atoms with E-state index in [0.29, 0.717) is 12.5 Å². The van der Waals surface area contributed by atoms with E-state index in [-0.39, 0.29) is 11.5 Å². The summed E-state index contributed by atoms with van der Waals surface area (Å²) >= 11 is 0. The Hall–Kier alpha value is -0.840. The van der Waals surface area contributed by atoms with Gasteiger partial charge in [-0.2, -0.15) is 5.10 Å². The topological polar surface area (TPSA) is 52.0 Å². The molecule has 0 saturated carbocycles. The number of sulfone groups is 1. The summed E-state index contributed by atoms with van der Waals surface area (Å²) in [7, 11) is -2.89. The van der Waals surface area contributed by atoms with Crippen molar-refractivity contribution in [1.29, 1.82) is 0 Å². The monoisotopic (exact) mass is 244 g/mol. The summed E-state index contributed by atoms with van der Waals surface area (Å²) in [6.45, 7) is 6.40. The largest absolute Gasteiger partial charge is 0.271 e. The van der Waals surface area contributed by atoms with Gasteiger partial charge in [0.1, 0.15) is 0 Å². The lowest BCUT2D eigenvalue weighted by molar-refractivity contribution is 0.573. The number of hydrogen-bond acceptors (Lipinski definition) is 3. The van der Waals surface area contributed by atoms with Crippen LogP contribution in [-0.4, -0.2) is 29.7 Å². The smallest absolute Gasteiger partial charge is 0.151 e. The van der Waals surface area contributed by atoms with Crippen molar-refractivity contribution in [2.24, 2.45) is 5.92 Å². The summed E-state index contributed by atoms with van der Waals surface area (Å²) in [6.07, 6.45) is 2.79. The van der Waals surface area contributed by atoms with Gasteiger partial charge in [-0.25, -0.2) is 8.42 Å². The molecule has 0 fully saturated rings. The second-order valence-electron chi connectivity index (χ2n) is 4.40. The number of nitrogens with zero attached hydrogens (tertiary/aromatic N) is 2. The number of aromatic nitrogens is 2. The van der Waals surface area contributed by atoms with E-state index in [1.807, 2.05) is 12.3 Å². The standard InChI is InChI=1S/C11H20N2O2S/c1-4-16(14,15)8-7-13-6-5-11(12-13)9-10(2)3/h5-6,10H,4,7-9H2,1-3H3. The molecule has 0 aromatic carbocycles. The Labute approximate surface area is 97.6 Å². The maximum Gasteiger partial charge on any atom is 0.151 e. The molecule has 0 radical (unpaired) electrons. The molecule has 1 heterocycles. The Bertz CT molecular complexity index is 421. The Morgan fingerprint density at radius 2 is 2.12 bits per heavy atom. The minimum Gasteiger partial charge on any atom is -0.271 e. The van der Waals surface area contributed by atoms with Gasteiger partial charge in [0.25, 0.3) is 0 Å². The molecule has 4 nitrogen and oxygen atoms in total. The van der Waals surface area contributed by atoms with Crippen molar-refractivity contribution in [3.8, 4) is 0 Å². The SMILES string of the molecule is CCS(=O)(=O)CCn1ccc(CC(C)C)n1. The molecule has 0 spiro atoms. The van der Waals surface area contributed by atoms with Gasteiger partial charge < -0.3 is 0 Å². The molecule has 16 heavy (non-hydrogen) atoms. The summed E-state index contributed by atoms with van der Waals surface area (Å²) in [5.41, 5.74) is 1.03. The molecule has 0 N–H and O–H groups in total. The minimum atomic E-state index is -2.89. The molecule has 0 aliphatic heterocycles. The summed E-state index contributed by atoms with van der Waals surface area (Å²) in [5.74, 6) is 0.946. The molecule has 0 amide bonds. The first-order valence-electron chi connectivity index (χ1n) is 5.65. The fraction of sp³-hybridized carbons (Fsp3) is 0.727. The van der Waals surface area contributed by atoms with Crippen LogP contribution >= 0.6 is 0 Å². The normalized spacial score (nSPS) is 12.2. The second-order valence-corrected chi connectivity index (χ2v) is 6.88. The van der Waals surface area contributed by atoms with Gasteiger partial charge in [0.05, 0.1) is 18.0 Å². The molecule has 0 saturated heterocycles. The molecule has 0 unspecified atom stereocenters. The summed E-state index contributed by atoms with van der Waals surface area (Å²) < 4.78 is 24.3. The Morgan fingerprint density at radius 3 is 2.69 bits per heavy atom. The van der Waals surface area contributed by atoms with Crippen molar-refractivity contribution in [3.63, 3.8) is 0 Å². The van der Waals surface area contributed by atoms with Gasteiger partial charge in [0.2, 0.25) is 0 Å². The van der Waals surface area contributed by atoms with E-state index >= 15 is 0 Å². The lowest BCUT2D eigenvalue weighted by atomic mass is 10.1. The van der Waals surface area contributed by atoms with E-state index in [4.69, 9.17) is 0 Å². The first kappa shape index (κ1) is 13.2. The zero-order valence-corrected chi connectivity index (χ0v) is 11.0. The predicted octanol–water partition coefficient (Wildman–Crippen LogP) is 1.52. The average Bonchev–Trinajstić information content (AvgIpc) is 2.62. The van der Waals surface area contributed by atoms with Crippen molar-refractivity contribution in [3.05, 3.63) is 18.0 Å². The Morgan fingerprint density at radius 1 is 1.44 bits per heavy atom. The zero-order chi connectivity index (χ0) is 12.2. The number of hydrogen-bond donors (Lipinski definition) is 0. The van der Waals surface area contributed by atoms with Crippen molar-refractivity contribution in [2.45, 2.75) is 33.7 Å². The molecule has 1 aromatic rings. The van der Waals surface area contributed by atoms with Crippen molar-refractivity contribution < 1.29 is 8.42 Å². The summed E-state index contributed by atoms with van der Waals surface area (Å²) in [6, 6.07) is 1.96. The van der Waals surface area contributed by atoms with Gasteiger partial charge in [0, 0.05) is 11.9 Å². The lowest BCUT2D eigenvalue weighted by Crippen LogP contribution is -2.15. The second kappa shape index (κ2) is 5.48. The van der Waals surface area contributed by atoms with E-state index in [9.17, 15) is 8.42 Å². The first-order chi connectivity index (χ1) is 7.43. The molecule has 1 rings (SSSR count). The molecule has 0 atom stereocenters. The van der Waals surface area contributed by atoms with Crippen LogP contribution in [0.2, 0.25) is 0 Å². The average molecular weight is 244 g/mol. The highest BCUT2D eigenvalue weighted by atomic mass is 32.2. The van der Waals surface area contributed by atoms with Gasteiger partial charge >= 0.3 is 0 Å². The van der Waals surface area contributed by atoms with E-state index in [2.05, 4.69) is 18.9 Å². The highest BCUT2D eigenvalue weighted by Gasteiger charge is 2.08. The Kier molecular flexibility index (Phi) is 4.53. The van der Waals surface area contributed by atoms with Crippen LogP contribution in [0.25, 0.3) is 0 Å². The third kappa shape index (κ3) is 4.35. The third-order valence-corrected chi connectivity index (χ3v) is 4.07. The van der Waals surface area contributed by atoms with Crippen LogP contribution in [0.15, 0.2) is 12.3 Å². The van der Waals surface area contributed by atoms with Crippen molar-refractivity contribution in [2.75, 3.05) is 11.5 Å². The molecule has 0 aliphatic rings. The first-order valence-corrected chi connectivity index (χ1v) is 7.48. The molecular formula is C11H20N2O2S. The van der Waals surface area contributed by atoms with Gasteiger partial charge in [-0.05, 0) is 18.4 Å². The highest BCUT2D eigenvalue weighted by molar-refractivity contribution is 7.91. The molecule has 92 valence electrons. The van der Waals surface area contributed by atoms with Crippen LogP contribution < -0.4 is 0 Å². The molecule has 5 heteroatoms. The summed E-state index contributed by atoms with van der Waals surface area (Å²) in [5, 5.41) is 4.34. The fourth-order valence-corrected chi connectivity index (χ4v) is 2.19. The zero-order valence-electron chi connectivity index (χ0n) is 10.2. The minimum absolute atomic E-state index is 0.173. The molecular weight excluding hydrogens is 224 g/mol. The molecule has 0 aliphatic carbocycles. The number of rotatable bonds is 6. The van der Waals surface area contributed by atoms with E-state index in [1.54, 1.807) is 11.6 Å². The van der Waals surface area contributed by atoms with Crippen LogP contribution in [0.4, 0.5) is 0 Å². The Balaban J connectivity index is 2.53. The van der Waals surface area contributed by atoms with E-state index in [0.717, 1.165) is 12.1 Å². The van der Waals surface area contributed by atoms with Crippen LogP contribution in [0.1, 0.15) is 26.5 Å². The number of aryl methyl sites for hydroxylation is 1. The van der Waals surface area contributed by atoms with E-state index < -0.39 is 9.84 Å². The third-order valence-electron chi connectivity index (χ3n) is 2.38. The van der Waals surface area contributed by atoms with Gasteiger partial charge in [0.15, 0.2) is 9.84 Å². The maximum atomic E-state index is 11.3. The van der Waals surface area contributed by atoms with Crippen LogP contribution in [0.3, 0.4) is 0 Å². The summed E-state index contributed by atoms with van der Waals surface area (Å²) in [4.78, 5) is 0. The highest BCUT2D eigenvalue weighted by Crippen LogP contribution is 2.05. The lowest BCUT2D eigenvalue weighted by Gasteiger charge is -2.02. The van der Waals surface area contributed by atoms with Crippen LogP contribution in [0, 0.1) is 5.92 Å². The molecule has 1 aromatic heterocycles. The fourth-order valence-electron chi connectivity index (χ4n) is 1.43. The van der Waals surface area contributed by atoms with Gasteiger partial charge in [-0.3, -0.25) is 4.68 Å². The predicted molar refractivity (Wildman–Crippen MR) is 65.1 cm³/mol. The maximum absolute atomic E-state index is 11.3. The van der Waals surface area contributed by atoms with Crippen molar-refractivity contribution in [1.82, 2.24) is 9.78 Å². The van der Waals surface area contributed by atoms with Gasteiger partial charge in [-0.15, -0.1) is 0 Å². The van der Waals surface area contributed by atoms with E-state index in [1.165, 1.54) is 0 Å². The molecule has 0 bridgehead atoms. The van der Waals surface area contributed by atoms with Crippen LogP contribution in [-0.2, 0) is 22.8 Å². The van der Waals surface area contributed by atoms with Crippen molar-refractivity contribution >= 4 is 9.84 Å². The quantitative estimate of drug-likeness (QED) is 0.762. The van der Waals surface area contributed by atoms with Gasteiger partial charge in [-0.1, -0.05) is 20.8 Å².